The van der Waals surface area contributed by atoms with Gasteiger partial charge >= 0.3 is 5.97 Å². The lowest BCUT2D eigenvalue weighted by atomic mass is 9.99. The van der Waals surface area contributed by atoms with Gasteiger partial charge < -0.3 is 4.74 Å². The summed E-state index contributed by atoms with van der Waals surface area (Å²) in [5.74, 6) is -2.01. The molecule has 21 heavy (non-hydrogen) atoms. The second kappa shape index (κ2) is 5.27. The maximum Gasteiger partial charge on any atom is 0.329 e. The number of rotatable bonds is 4. The molecule has 0 aliphatic carbocycles. The number of hydrogen-bond acceptors (Lipinski definition) is 4. The van der Waals surface area contributed by atoms with Gasteiger partial charge in [-0.1, -0.05) is 12.1 Å². The van der Waals surface area contributed by atoms with E-state index in [9.17, 15) is 18.8 Å². The Labute approximate surface area is 121 Å². The molecule has 0 saturated heterocycles. The topological polar surface area (TPSA) is 63.7 Å². The minimum Gasteiger partial charge on any atom is -0.467 e. The van der Waals surface area contributed by atoms with Gasteiger partial charge in [0, 0.05) is 6.42 Å². The molecule has 2 rings (SSSR count). The molecule has 0 saturated carbocycles. The summed E-state index contributed by atoms with van der Waals surface area (Å²) in [4.78, 5) is 37.3. The van der Waals surface area contributed by atoms with Crippen LogP contribution in [0, 0.1) is 0 Å². The van der Waals surface area contributed by atoms with Crippen molar-refractivity contribution in [3.05, 3.63) is 35.4 Å². The number of carbonyl (C=O) groups excluding carboxylic acids is 3. The number of benzene rings is 1. The number of amides is 2. The molecule has 112 valence electrons. The van der Waals surface area contributed by atoms with Crippen LogP contribution in [-0.4, -0.2) is 41.5 Å². The highest BCUT2D eigenvalue weighted by molar-refractivity contribution is 6.22. The van der Waals surface area contributed by atoms with Gasteiger partial charge in [0.25, 0.3) is 11.8 Å². The monoisotopic (exact) mass is 293 g/mol. The predicted octanol–water partition coefficient (Wildman–Crippen LogP) is 1.96. The molecule has 0 radical (unpaired) electrons. The second-order valence-electron chi connectivity index (χ2n) is 5.49. The highest BCUT2D eigenvalue weighted by Gasteiger charge is 2.45. The summed E-state index contributed by atoms with van der Waals surface area (Å²) in [6, 6.07) is 4.98. The molecule has 1 heterocycles. The van der Waals surface area contributed by atoms with E-state index in [1.54, 1.807) is 12.1 Å². The molecule has 0 spiro atoms. The first-order valence-corrected chi connectivity index (χ1v) is 6.50. The fourth-order valence-electron chi connectivity index (χ4n) is 2.37. The molecule has 2 amide bonds. The predicted molar refractivity (Wildman–Crippen MR) is 72.6 cm³/mol. The van der Waals surface area contributed by atoms with Crippen molar-refractivity contribution in [1.82, 2.24) is 4.90 Å². The van der Waals surface area contributed by atoms with Crippen molar-refractivity contribution >= 4 is 17.8 Å². The van der Waals surface area contributed by atoms with Gasteiger partial charge in [0.2, 0.25) is 0 Å². The third kappa shape index (κ3) is 2.79. The van der Waals surface area contributed by atoms with Crippen LogP contribution in [0.2, 0.25) is 0 Å². The van der Waals surface area contributed by atoms with Crippen LogP contribution >= 0.6 is 0 Å². The van der Waals surface area contributed by atoms with E-state index in [1.807, 2.05) is 0 Å². The average Bonchev–Trinajstić information content (AvgIpc) is 2.67. The number of ether oxygens (including phenoxy) is 1. The first-order chi connectivity index (χ1) is 9.76. The molecule has 1 aliphatic rings. The van der Waals surface area contributed by atoms with E-state index in [0.717, 1.165) is 12.0 Å². The first-order valence-electron chi connectivity index (χ1n) is 6.50. The Balaban J connectivity index is 2.41. The van der Waals surface area contributed by atoms with Gasteiger partial charge in [-0.2, -0.15) is 0 Å². The lowest BCUT2D eigenvalue weighted by Crippen LogP contribution is -2.48. The zero-order valence-corrected chi connectivity index (χ0v) is 12.1. The highest BCUT2D eigenvalue weighted by Crippen LogP contribution is 2.29. The summed E-state index contributed by atoms with van der Waals surface area (Å²) < 4.78 is 18.5. The average molecular weight is 293 g/mol. The van der Waals surface area contributed by atoms with E-state index in [0.29, 0.717) is 0 Å². The Morgan fingerprint density at radius 1 is 1.24 bits per heavy atom. The summed E-state index contributed by atoms with van der Waals surface area (Å²) in [6.07, 6.45) is -0.314. The van der Waals surface area contributed by atoms with Crippen molar-refractivity contribution in [2.75, 3.05) is 7.11 Å². The number of nitrogens with zero attached hydrogens (tertiary/aromatic N) is 1. The van der Waals surface area contributed by atoms with Gasteiger partial charge in [-0.05, 0) is 26.0 Å². The number of esters is 1. The minimum absolute atomic E-state index is 0.216. The quantitative estimate of drug-likeness (QED) is 0.629. The van der Waals surface area contributed by atoms with Crippen molar-refractivity contribution in [2.24, 2.45) is 0 Å². The fraction of sp³-hybridized carbons (Fsp3) is 0.400. The van der Waals surface area contributed by atoms with Crippen molar-refractivity contribution < 1.29 is 23.5 Å². The normalized spacial score (nSPS) is 15.9. The largest absolute Gasteiger partial charge is 0.467 e. The summed E-state index contributed by atoms with van der Waals surface area (Å²) in [6.45, 7) is 2.56. The van der Waals surface area contributed by atoms with E-state index in [1.165, 1.54) is 26.0 Å². The molecular formula is C15H16FNO4. The van der Waals surface area contributed by atoms with E-state index >= 15 is 0 Å². The number of fused-ring (bicyclic) bond motifs is 1. The summed E-state index contributed by atoms with van der Waals surface area (Å²) >= 11 is 0. The molecule has 1 aromatic carbocycles. The highest BCUT2D eigenvalue weighted by atomic mass is 19.1. The maximum absolute atomic E-state index is 13.9. The Kier molecular flexibility index (Phi) is 3.80. The van der Waals surface area contributed by atoms with Gasteiger partial charge in [-0.3, -0.25) is 14.5 Å². The SMILES string of the molecule is COC(=O)[C@H](CC(C)(C)F)N1C(=O)c2ccccc2C1=O. The minimum atomic E-state index is -1.73. The van der Waals surface area contributed by atoms with Crippen LogP contribution in [-0.2, 0) is 9.53 Å². The molecule has 0 fully saturated rings. The van der Waals surface area contributed by atoms with Gasteiger partial charge in [-0.25, -0.2) is 9.18 Å². The molecule has 0 bridgehead atoms. The Hall–Kier alpha value is -2.24. The number of imide groups is 1. The van der Waals surface area contributed by atoms with Gasteiger partial charge in [0.15, 0.2) is 0 Å². The summed E-state index contributed by atoms with van der Waals surface area (Å²) in [5, 5.41) is 0. The van der Waals surface area contributed by atoms with Crippen molar-refractivity contribution in [3.8, 4) is 0 Å². The smallest absolute Gasteiger partial charge is 0.329 e. The number of carbonyl (C=O) groups is 3. The maximum atomic E-state index is 13.9. The number of alkyl halides is 1. The number of hydrogen-bond donors (Lipinski definition) is 0. The third-order valence-electron chi connectivity index (χ3n) is 3.29. The van der Waals surface area contributed by atoms with Crippen LogP contribution < -0.4 is 0 Å². The standard InChI is InChI=1S/C15H16FNO4/c1-15(2,16)8-11(14(20)21-3)17-12(18)9-6-4-5-7-10(9)13(17)19/h4-7,11H,8H2,1-3H3/t11-/m0/s1. The van der Waals surface area contributed by atoms with Gasteiger partial charge in [0.05, 0.1) is 18.2 Å². The van der Waals surface area contributed by atoms with E-state index in [4.69, 9.17) is 0 Å². The Bertz CT molecular complexity index is 571. The number of halogens is 1. The molecule has 5 nitrogen and oxygen atoms in total. The lowest BCUT2D eigenvalue weighted by molar-refractivity contribution is -0.146. The van der Waals surface area contributed by atoms with E-state index in [2.05, 4.69) is 4.74 Å². The van der Waals surface area contributed by atoms with Crippen molar-refractivity contribution in [3.63, 3.8) is 0 Å². The van der Waals surface area contributed by atoms with Crippen LogP contribution in [0.4, 0.5) is 4.39 Å². The van der Waals surface area contributed by atoms with Crippen LogP contribution in [0.15, 0.2) is 24.3 Å². The van der Waals surface area contributed by atoms with Crippen LogP contribution in [0.25, 0.3) is 0 Å². The van der Waals surface area contributed by atoms with E-state index < -0.39 is 29.5 Å². The Morgan fingerprint density at radius 3 is 2.10 bits per heavy atom. The third-order valence-corrected chi connectivity index (χ3v) is 3.29. The van der Waals surface area contributed by atoms with Crippen molar-refractivity contribution in [1.29, 1.82) is 0 Å². The molecule has 1 aliphatic heterocycles. The molecule has 1 atom stereocenters. The first kappa shape index (κ1) is 15.2. The second-order valence-corrected chi connectivity index (χ2v) is 5.49. The summed E-state index contributed by atoms with van der Waals surface area (Å²) in [7, 11) is 1.14. The van der Waals surface area contributed by atoms with E-state index in [-0.39, 0.29) is 17.5 Å². The molecule has 0 unspecified atom stereocenters. The zero-order chi connectivity index (χ0) is 15.8. The van der Waals surface area contributed by atoms with Gasteiger partial charge in [-0.15, -0.1) is 0 Å². The van der Waals surface area contributed by atoms with Gasteiger partial charge in [0.1, 0.15) is 11.7 Å². The molecule has 0 N–H and O–H groups in total. The molecule has 1 aromatic rings. The molecular weight excluding hydrogens is 277 g/mol. The number of methoxy groups -OCH3 is 1. The van der Waals surface area contributed by atoms with Crippen LogP contribution in [0.5, 0.6) is 0 Å². The molecule has 0 aromatic heterocycles. The fourth-order valence-corrected chi connectivity index (χ4v) is 2.37. The Morgan fingerprint density at radius 2 is 1.71 bits per heavy atom. The molecule has 6 heteroatoms. The zero-order valence-electron chi connectivity index (χ0n) is 12.1. The van der Waals surface area contributed by atoms with Crippen molar-refractivity contribution in [2.45, 2.75) is 32.0 Å². The summed E-state index contributed by atoms with van der Waals surface area (Å²) in [5.41, 5.74) is -1.30. The van der Waals surface area contributed by atoms with Crippen LogP contribution in [0.1, 0.15) is 41.0 Å². The van der Waals surface area contributed by atoms with Crippen LogP contribution in [0.3, 0.4) is 0 Å². The lowest BCUT2D eigenvalue weighted by Gasteiger charge is -2.27.